The van der Waals surface area contributed by atoms with Crippen LogP contribution in [0.5, 0.6) is 5.75 Å². The number of fused-ring (bicyclic) bond motifs is 3. The second-order valence-corrected chi connectivity index (χ2v) is 4.96. The molecule has 1 heterocycles. The fraction of sp³-hybridized carbons (Fsp3) is 0.176. The van der Waals surface area contributed by atoms with E-state index in [4.69, 9.17) is 9.15 Å². The van der Waals surface area contributed by atoms with E-state index < -0.39 is 6.10 Å². The highest BCUT2D eigenvalue weighted by Crippen LogP contribution is 2.26. The maximum absolute atomic E-state index is 12.0. The molecule has 21 heavy (non-hydrogen) atoms. The number of hydrogen-bond donors (Lipinski definition) is 0. The maximum Gasteiger partial charge on any atom is 0.344 e. The van der Waals surface area contributed by atoms with E-state index in [2.05, 4.69) is 0 Å². The molecule has 4 heteroatoms. The zero-order valence-electron chi connectivity index (χ0n) is 11.8. The van der Waals surface area contributed by atoms with Gasteiger partial charge in [0.25, 0.3) is 0 Å². The molecule has 0 saturated heterocycles. The lowest BCUT2D eigenvalue weighted by Crippen LogP contribution is -2.20. The fourth-order valence-electron chi connectivity index (χ4n) is 2.22. The smallest absolute Gasteiger partial charge is 0.344 e. The summed E-state index contributed by atoms with van der Waals surface area (Å²) in [6.07, 6.45) is -0.533. The highest BCUT2D eigenvalue weighted by molar-refractivity contribution is 6.04. The number of benzene rings is 2. The highest BCUT2D eigenvalue weighted by atomic mass is 16.5. The minimum Gasteiger partial charge on any atom is -0.483 e. The van der Waals surface area contributed by atoms with Crippen molar-refractivity contribution in [3.63, 3.8) is 0 Å². The molecule has 0 amide bonds. The van der Waals surface area contributed by atoms with Gasteiger partial charge in [0.1, 0.15) is 11.3 Å². The maximum atomic E-state index is 12.0. The minimum atomic E-state index is -0.533. The first-order valence-corrected chi connectivity index (χ1v) is 6.69. The van der Waals surface area contributed by atoms with Gasteiger partial charge < -0.3 is 9.15 Å². The summed E-state index contributed by atoms with van der Waals surface area (Å²) in [5.41, 5.74) is 0.0711. The van der Waals surface area contributed by atoms with Crippen LogP contribution < -0.4 is 10.4 Å². The van der Waals surface area contributed by atoms with Crippen LogP contribution in [-0.2, 0) is 4.79 Å². The van der Waals surface area contributed by atoms with Gasteiger partial charge in [-0.05, 0) is 37.4 Å². The van der Waals surface area contributed by atoms with Crippen molar-refractivity contribution in [3.05, 3.63) is 52.9 Å². The van der Waals surface area contributed by atoms with Crippen LogP contribution in [-0.4, -0.2) is 11.9 Å². The number of hydrogen-bond acceptors (Lipinski definition) is 4. The van der Waals surface area contributed by atoms with Crippen LogP contribution >= 0.6 is 0 Å². The SMILES string of the molecule is CC(=O)[C@@H](C)Oc1ccc2c(c1)oc(=O)c1ccccc12. The Balaban J connectivity index is 2.17. The summed E-state index contributed by atoms with van der Waals surface area (Å²) in [5.74, 6) is 0.443. The molecule has 106 valence electrons. The number of ketones is 1. The molecule has 0 radical (unpaired) electrons. The third-order valence-electron chi connectivity index (χ3n) is 3.48. The molecule has 3 aromatic rings. The number of carbonyl (C=O) groups is 1. The molecular weight excluding hydrogens is 268 g/mol. The third-order valence-corrected chi connectivity index (χ3v) is 3.48. The Labute approximate surface area is 120 Å². The van der Waals surface area contributed by atoms with Crippen molar-refractivity contribution in [1.82, 2.24) is 0 Å². The molecule has 1 atom stereocenters. The van der Waals surface area contributed by atoms with E-state index in [1.165, 1.54) is 6.92 Å². The first-order chi connectivity index (χ1) is 10.1. The van der Waals surface area contributed by atoms with Crippen LogP contribution in [0.25, 0.3) is 21.7 Å². The van der Waals surface area contributed by atoms with Gasteiger partial charge in [0.15, 0.2) is 11.9 Å². The van der Waals surface area contributed by atoms with Crippen molar-refractivity contribution in [2.24, 2.45) is 0 Å². The topological polar surface area (TPSA) is 56.5 Å². The van der Waals surface area contributed by atoms with Crippen molar-refractivity contribution in [2.75, 3.05) is 0 Å². The van der Waals surface area contributed by atoms with Gasteiger partial charge in [-0.15, -0.1) is 0 Å². The van der Waals surface area contributed by atoms with Crippen molar-refractivity contribution >= 4 is 27.5 Å². The molecule has 0 aliphatic rings. The van der Waals surface area contributed by atoms with Gasteiger partial charge in [-0.2, -0.15) is 0 Å². The van der Waals surface area contributed by atoms with Gasteiger partial charge in [-0.3, -0.25) is 4.79 Å². The van der Waals surface area contributed by atoms with Gasteiger partial charge in [0.2, 0.25) is 0 Å². The number of ether oxygens (including phenoxy) is 1. The minimum absolute atomic E-state index is 0.0601. The monoisotopic (exact) mass is 282 g/mol. The summed E-state index contributed by atoms with van der Waals surface area (Å²) in [6.45, 7) is 3.16. The second-order valence-electron chi connectivity index (χ2n) is 4.96. The molecule has 0 fully saturated rings. The molecule has 0 N–H and O–H groups in total. The van der Waals surface area contributed by atoms with Crippen molar-refractivity contribution in [3.8, 4) is 5.75 Å². The standard InChI is InChI=1S/C17H14O4/c1-10(18)11(2)20-12-7-8-14-13-5-3-4-6-15(13)17(19)21-16(14)9-12/h3-9,11H,1-2H3/t11-/m1/s1. The highest BCUT2D eigenvalue weighted by Gasteiger charge is 2.11. The lowest BCUT2D eigenvalue weighted by molar-refractivity contribution is -0.122. The summed E-state index contributed by atoms with van der Waals surface area (Å²) < 4.78 is 10.9. The van der Waals surface area contributed by atoms with Crippen LogP contribution in [0.15, 0.2) is 51.7 Å². The van der Waals surface area contributed by atoms with Crippen molar-refractivity contribution in [1.29, 1.82) is 0 Å². The van der Waals surface area contributed by atoms with Crippen molar-refractivity contribution < 1.29 is 13.9 Å². The van der Waals surface area contributed by atoms with Crippen LogP contribution in [0.4, 0.5) is 0 Å². The predicted octanol–water partition coefficient (Wildman–Crippen LogP) is 3.30. The van der Waals surface area contributed by atoms with E-state index >= 15 is 0 Å². The van der Waals surface area contributed by atoms with Crippen LogP contribution in [0.1, 0.15) is 13.8 Å². The molecule has 0 aliphatic carbocycles. The average molecular weight is 282 g/mol. The van der Waals surface area contributed by atoms with E-state index in [-0.39, 0.29) is 11.4 Å². The Morgan fingerprint density at radius 1 is 1.10 bits per heavy atom. The first kappa shape index (κ1) is 13.4. The van der Waals surface area contributed by atoms with E-state index in [1.807, 2.05) is 18.2 Å². The van der Waals surface area contributed by atoms with Gasteiger partial charge in [-0.1, -0.05) is 18.2 Å². The Morgan fingerprint density at radius 2 is 1.81 bits per heavy atom. The van der Waals surface area contributed by atoms with E-state index in [0.29, 0.717) is 16.7 Å². The number of carbonyl (C=O) groups excluding carboxylic acids is 1. The molecule has 0 spiro atoms. The Bertz CT molecular complexity index is 892. The summed E-state index contributed by atoms with van der Waals surface area (Å²) in [6, 6.07) is 12.6. The number of rotatable bonds is 3. The Morgan fingerprint density at radius 3 is 2.52 bits per heavy atom. The number of Topliss-reactive ketones (excluding diaryl/α,β-unsaturated/α-hetero) is 1. The largest absolute Gasteiger partial charge is 0.483 e. The molecule has 0 aliphatic heterocycles. The normalized spacial score (nSPS) is 12.5. The summed E-state index contributed by atoms with van der Waals surface area (Å²) >= 11 is 0. The molecule has 0 unspecified atom stereocenters. The summed E-state index contributed by atoms with van der Waals surface area (Å²) in [7, 11) is 0. The van der Waals surface area contributed by atoms with Crippen molar-refractivity contribution in [2.45, 2.75) is 20.0 Å². The molecule has 3 rings (SSSR count). The third kappa shape index (κ3) is 2.40. The summed E-state index contributed by atoms with van der Waals surface area (Å²) in [4.78, 5) is 23.2. The quantitative estimate of drug-likeness (QED) is 0.546. The van der Waals surface area contributed by atoms with Gasteiger partial charge in [0, 0.05) is 11.5 Å². The molecule has 4 nitrogen and oxygen atoms in total. The molecular formula is C17H14O4. The zero-order chi connectivity index (χ0) is 15.0. The molecule has 1 aromatic heterocycles. The van der Waals surface area contributed by atoms with Gasteiger partial charge >= 0.3 is 5.63 Å². The summed E-state index contributed by atoms with van der Waals surface area (Å²) in [5, 5.41) is 2.23. The second kappa shape index (κ2) is 5.05. The van der Waals surface area contributed by atoms with Crippen LogP contribution in [0, 0.1) is 0 Å². The zero-order valence-corrected chi connectivity index (χ0v) is 11.8. The Hall–Kier alpha value is -2.62. The fourth-order valence-corrected chi connectivity index (χ4v) is 2.22. The molecule has 0 bridgehead atoms. The molecule has 0 saturated carbocycles. The van der Waals surface area contributed by atoms with E-state index in [1.54, 1.807) is 31.2 Å². The lowest BCUT2D eigenvalue weighted by atomic mass is 10.1. The first-order valence-electron chi connectivity index (χ1n) is 6.69. The average Bonchev–Trinajstić information content (AvgIpc) is 2.47. The molecule has 2 aromatic carbocycles. The van der Waals surface area contributed by atoms with E-state index in [9.17, 15) is 9.59 Å². The van der Waals surface area contributed by atoms with Gasteiger partial charge in [-0.25, -0.2) is 4.79 Å². The van der Waals surface area contributed by atoms with Crippen LogP contribution in [0.2, 0.25) is 0 Å². The Kier molecular flexibility index (Phi) is 3.22. The lowest BCUT2D eigenvalue weighted by Gasteiger charge is -2.12. The van der Waals surface area contributed by atoms with Crippen LogP contribution in [0.3, 0.4) is 0 Å². The van der Waals surface area contributed by atoms with E-state index in [0.717, 1.165) is 10.8 Å². The predicted molar refractivity (Wildman–Crippen MR) is 80.8 cm³/mol. The van der Waals surface area contributed by atoms with Gasteiger partial charge in [0.05, 0.1) is 5.39 Å².